The Morgan fingerprint density at radius 2 is 2.15 bits per heavy atom. The molecule has 1 aromatic heterocycles. The highest BCUT2D eigenvalue weighted by molar-refractivity contribution is 5.91. The molecule has 3 rings (SSSR count). The van der Waals surface area contributed by atoms with E-state index in [4.69, 9.17) is 14.2 Å². The van der Waals surface area contributed by atoms with Gasteiger partial charge in [0, 0.05) is 0 Å². The first-order valence-corrected chi connectivity index (χ1v) is 5.50. The van der Waals surface area contributed by atoms with Gasteiger partial charge in [-0.3, -0.25) is 9.78 Å². The van der Waals surface area contributed by atoms with E-state index in [2.05, 4.69) is 4.98 Å². The second-order valence-electron chi connectivity index (χ2n) is 3.82. The quantitative estimate of drug-likeness (QED) is 0.819. The Labute approximate surface area is 110 Å². The molecule has 1 aliphatic heterocycles. The summed E-state index contributed by atoms with van der Waals surface area (Å²) >= 11 is 0. The Kier molecular flexibility index (Phi) is 2.82. The summed E-state index contributed by atoms with van der Waals surface area (Å²) in [6.07, 6.45) is 0.668. The Morgan fingerprint density at radius 3 is 2.95 bits per heavy atom. The minimum absolute atomic E-state index is 0.0840. The molecule has 1 N–H and O–H groups in total. The fourth-order valence-electron chi connectivity index (χ4n) is 1.59. The van der Waals surface area contributed by atoms with Crippen LogP contribution in [0.2, 0.25) is 0 Å². The standard InChI is InChI=1S/C12H7FN2O5/c13-7-4-14-12(15-10(7)16)20-11(17)6-1-2-8-9(3-6)19-5-18-8/h1-4H,5H2,(H,14,15,16). The highest BCUT2D eigenvalue weighted by Gasteiger charge is 2.18. The number of carbonyl (C=O) groups excluding carboxylic acids is 1. The summed E-state index contributed by atoms with van der Waals surface area (Å²) in [5.41, 5.74) is -0.838. The largest absolute Gasteiger partial charge is 0.454 e. The number of carbonyl (C=O) groups is 1. The number of esters is 1. The van der Waals surface area contributed by atoms with Crippen molar-refractivity contribution in [3.05, 3.63) is 46.1 Å². The van der Waals surface area contributed by atoms with Crippen LogP contribution in [0.4, 0.5) is 4.39 Å². The predicted molar refractivity (Wildman–Crippen MR) is 62.3 cm³/mol. The van der Waals surface area contributed by atoms with Crippen LogP contribution in [-0.4, -0.2) is 22.7 Å². The molecule has 2 heterocycles. The number of benzene rings is 1. The first-order chi connectivity index (χ1) is 9.63. The molecule has 0 fully saturated rings. The molecule has 20 heavy (non-hydrogen) atoms. The number of hydrogen-bond donors (Lipinski definition) is 1. The maximum atomic E-state index is 12.7. The van der Waals surface area contributed by atoms with Gasteiger partial charge in [-0.1, -0.05) is 0 Å². The van der Waals surface area contributed by atoms with Crippen LogP contribution in [0, 0.1) is 5.82 Å². The van der Waals surface area contributed by atoms with E-state index in [1.807, 2.05) is 4.98 Å². The van der Waals surface area contributed by atoms with E-state index in [1.165, 1.54) is 12.1 Å². The topological polar surface area (TPSA) is 90.5 Å². The number of halogens is 1. The summed E-state index contributed by atoms with van der Waals surface area (Å²) in [6, 6.07) is 4.07. The third-order valence-corrected chi connectivity index (χ3v) is 2.53. The molecular weight excluding hydrogens is 271 g/mol. The number of nitrogens with zero attached hydrogens (tertiary/aromatic N) is 1. The number of aromatic nitrogens is 2. The number of nitrogens with one attached hydrogen (secondary N) is 1. The number of fused-ring (bicyclic) bond motifs is 1. The van der Waals surface area contributed by atoms with Crippen LogP contribution < -0.4 is 19.8 Å². The third kappa shape index (κ3) is 2.18. The SMILES string of the molecule is O=C(Oc1ncc(F)c(=O)[nH]1)c1ccc2c(c1)OCO2. The summed E-state index contributed by atoms with van der Waals surface area (Å²) < 4.78 is 27.8. The summed E-state index contributed by atoms with van der Waals surface area (Å²) in [5, 5.41) is 0. The average molecular weight is 278 g/mol. The van der Waals surface area contributed by atoms with E-state index in [0.29, 0.717) is 17.7 Å². The molecule has 0 saturated carbocycles. The Balaban J connectivity index is 1.82. The van der Waals surface area contributed by atoms with Crippen molar-refractivity contribution in [1.29, 1.82) is 0 Å². The van der Waals surface area contributed by atoms with Crippen LogP contribution in [0.3, 0.4) is 0 Å². The van der Waals surface area contributed by atoms with E-state index >= 15 is 0 Å². The van der Waals surface area contributed by atoms with Crippen molar-refractivity contribution in [2.45, 2.75) is 0 Å². The van der Waals surface area contributed by atoms with E-state index in [9.17, 15) is 14.0 Å². The molecule has 0 amide bonds. The molecule has 102 valence electrons. The van der Waals surface area contributed by atoms with Gasteiger partial charge in [0.15, 0.2) is 11.5 Å². The highest BCUT2D eigenvalue weighted by Crippen LogP contribution is 2.32. The second-order valence-corrected chi connectivity index (χ2v) is 3.82. The van der Waals surface area contributed by atoms with Crippen LogP contribution in [0.25, 0.3) is 0 Å². The Morgan fingerprint density at radius 1 is 1.35 bits per heavy atom. The van der Waals surface area contributed by atoms with Gasteiger partial charge >= 0.3 is 12.0 Å². The molecule has 1 aliphatic rings. The van der Waals surface area contributed by atoms with Crippen LogP contribution in [-0.2, 0) is 0 Å². The summed E-state index contributed by atoms with van der Waals surface area (Å²) in [6.45, 7) is 0.0840. The van der Waals surface area contributed by atoms with Gasteiger partial charge in [0.05, 0.1) is 11.8 Å². The van der Waals surface area contributed by atoms with Crippen molar-refractivity contribution in [3.63, 3.8) is 0 Å². The normalized spacial score (nSPS) is 12.2. The van der Waals surface area contributed by atoms with E-state index < -0.39 is 17.3 Å². The monoisotopic (exact) mass is 278 g/mol. The highest BCUT2D eigenvalue weighted by atomic mass is 19.1. The van der Waals surface area contributed by atoms with Crippen molar-refractivity contribution in [3.8, 4) is 17.5 Å². The number of H-pyrrole nitrogens is 1. The minimum Gasteiger partial charge on any atom is -0.454 e. The maximum Gasteiger partial charge on any atom is 0.346 e. The second kappa shape index (κ2) is 4.65. The smallest absolute Gasteiger partial charge is 0.346 e. The van der Waals surface area contributed by atoms with E-state index in [-0.39, 0.29) is 18.4 Å². The van der Waals surface area contributed by atoms with Gasteiger partial charge in [-0.2, -0.15) is 4.39 Å². The molecule has 0 atom stereocenters. The third-order valence-electron chi connectivity index (χ3n) is 2.53. The Hall–Kier alpha value is -2.90. The zero-order valence-corrected chi connectivity index (χ0v) is 9.88. The molecule has 7 nitrogen and oxygen atoms in total. The lowest BCUT2D eigenvalue weighted by Gasteiger charge is -2.03. The zero-order chi connectivity index (χ0) is 14.1. The predicted octanol–water partition coefficient (Wildman–Crippen LogP) is 0.857. The van der Waals surface area contributed by atoms with Gasteiger partial charge in [0.1, 0.15) is 0 Å². The lowest BCUT2D eigenvalue weighted by Crippen LogP contribution is -2.17. The van der Waals surface area contributed by atoms with Crippen LogP contribution in [0.1, 0.15) is 10.4 Å². The van der Waals surface area contributed by atoms with Crippen LogP contribution in [0.15, 0.2) is 29.2 Å². The first-order valence-electron chi connectivity index (χ1n) is 5.50. The van der Waals surface area contributed by atoms with Crippen LogP contribution in [0.5, 0.6) is 17.5 Å². The molecule has 0 spiro atoms. The molecule has 0 aliphatic carbocycles. The minimum atomic E-state index is -1.06. The molecular formula is C12H7FN2O5. The molecule has 0 bridgehead atoms. The molecule has 8 heteroatoms. The maximum absolute atomic E-state index is 12.7. The fraction of sp³-hybridized carbons (Fsp3) is 0.0833. The number of rotatable bonds is 2. The summed E-state index contributed by atoms with van der Waals surface area (Å²) in [5.74, 6) is -0.888. The lowest BCUT2D eigenvalue weighted by molar-refractivity contribution is 0.0718. The van der Waals surface area contributed by atoms with Crippen LogP contribution >= 0.6 is 0 Å². The average Bonchev–Trinajstić information content (AvgIpc) is 2.90. The number of hydrogen-bond acceptors (Lipinski definition) is 6. The molecule has 0 unspecified atom stereocenters. The molecule has 2 aromatic rings. The molecule has 0 radical (unpaired) electrons. The van der Waals surface area contributed by atoms with E-state index in [0.717, 1.165) is 0 Å². The van der Waals surface area contributed by atoms with Gasteiger partial charge in [-0.15, -0.1) is 0 Å². The van der Waals surface area contributed by atoms with Gasteiger partial charge in [0.25, 0.3) is 5.56 Å². The first kappa shape index (κ1) is 12.2. The summed E-state index contributed by atoms with van der Waals surface area (Å²) in [7, 11) is 0. The van der Waals surface area contributed by atoms with Crippen molar-refractivity contribution in [2.24, 2.45) is 0 Å². The fourth-order valence-corrected chi connectivity index (χ4v) is 1.59. The molecule has 0 saturated heterocycles. The summed E-state index contributed by atoms with van der Waals surface area (Å²) in [4.78, 5) is 28.3. The molecule has 1 aromatic carbocycles. The Bertz CT molecular complexity index is 743. The van der Waals surface area contributed by atoms with Gasteiger partial charge in [-0.25, -0.2) is 9.78 Å². The van der Waals surface area contributed by atoms with Crippen molar-refractivity contribution in [2.75, 3.05) is 6.79 Å². The zero-order valence-electron chi connectivity index (χ0n) is 9.88. The van der Waals surface area contributed by atoms with Gasteiger partial charge in [0.2, 0.25) is 12.6 Å². The number of aromatic amines is 1. The number of ether oxygens (including phenoxy) is 3. The van der Waals surface area contributed by atoms with Gasteiger partial charge < -0.3 is 14.2 Å². The van der Waals surface area contributed by atoms with E-state index in [1.54, 1.807) is 6.07 Å². The van der Waals surface area contributed by atoms with Crippen molar-refractivity contribution < 1.29 is 23.4 Å². The van der Waals surface area contributed by atoms with Crippen molar-refractivity contribution >= 4 is 5.97 Å². The van der Waals surface area contributed by atoms with Gasteiger partial charge in [-0.05, 0) is 18.2 Å². The lowest BCUT2D eigenvalue weighted by atomic mass is 10.2. The van der Waals surface area contributed by atoms with Crippen molar-refractivity contribution in [1.82, 2.24) is 9.97 Å².